The molecule has 112 valence electrons. The Morgan fingerprint density at radius 2 is 1.67 bits per heavy atom. The normalized spacial score (nSPS) is 12.4. The molecule has 3 heteroatoms. The van der Waals surface area contributed by atoms with Gasteiger partial charge in [-0.1, -0.05) is 66.0 Å². The molecule has 0 fully saturated rings. The van der Waals surface area contributed by atoms with Gasteiger partial charge in [-0.25, -0.2) is 0 Å². The van der Waals surface area contributed by atoms with Crippen molar-refractivity contribution in [2.24, 2.45) is 0 Å². The van der Waals surface area contributed by atoms with E-state index >= 15 is 0 Å². The highest BCUT2D eigenvalue weighted by atomic mass is 35.5. The van der Waals surface area contributed by atoms with Gasteiger partial charge in [0.1, 0.15) is 0 Å². The van der Waals surface area contributed by atoms with E-state index in [0.29, 0.717) is 16.1 Å². The summed E-state index contributed by atoms with van der Waals surface area (Å²) >= 11 is 12.1. The fourth-order valence-corrected chi connectivity index (χ4v) is 2.90. The standard InChI is InChI=1S/C18H21Cl2N/c1-3-21-16(10-14-6-4-5-13(2)9-14)11-15-7-8-17(19)18(20)12-15/h4-9,12,16,21H,3,10-11H2,1-2H3. The van der Waals surface area contributed by atoms with Crippen molar-refractivity contribution in [3.63, 3.8) is 0 Å². The molecule has 0 heterocycles. The van der Waals surface area contributed by atoms with Crippen molar-refractivity contribution < 1.29 is 0 Å². The van der Waals surface area contributed by atoms with Gasteiger partial charge in [0, 0.05) is 6.04 Å². The van der Waals surface area contributed by atoms with Crippen molar-refractivity contribution >= 4 is 23.2 Å². The van der Waals surface area contributed by atoms with Crippen LogP contribution < -0.4 is 5.32 Å². The van der Waals surface area contributed by atoms with Gasteiger partial charge in [0.05, 0.1) is 10.0 Å². The lowest BCUT2D eigenvalue weighted by Crippen LogP contribution is -2.33. The molecule has 1 unspecified atom stereocenters. The third kappa shape index (κ3) is 5.03. The Morgan fingerprint density at radius 1 is 0.952 bits per heavy atom. The first-order chi connectivity index (χ1) is 10.1. The summed E-state index contributed by atoms with van der Waals surface area (Å²) in [5.41, 5.74) is 3.88. The Balaban J connectivity index is 2.09. The summed E-state index contributed by atoms with van der Waals surface area (Å²) in [6.07, 6.45) is 1.95. The SMILES string of the molecule is CCNC(Cc1cccc(C)c1)Cc1ccc(Cl)c(Cl)c1. The van der Waals surface area contributed by atoms with E-state index < -0.39 is 0 Å². The van der Waals surface area contributed by atoms with Crippen molar-refractivity contribution in [2.75, 3.05) is 6.54 Å². The molecule has 0 bridgehead atoms. The number of benzene rings is 2. The van der Waals surface area contributed by atoms with Crippen LogP contribution in [0.25, 0.3) is 0 Å². The molecule has 0 amide bonds. The minimum Gasteiger partial charge on any atom is -0.314 e. The highest BCUT2D eigenvalue weighted by molar-refractivity contribution is 6.42. The van der Waals surface area contributed by atoms with Gasteiger partial charge in [-0.05, 0) is 49.6 Å². The van der Waals surface area contributed by atoms with E-state index in [1.807, 2.05) is 12.1 Å². The minimum absolute atomic E-state index is 0.397. The summed E-state index contributed by atoms with van der Waals surface area (Å²) in [6.45, 7) is 5.22. The lowest BCUT2D eigenvalue weighted by atomic mass is 9.98. The molecule has 21 heavy (non-hydrogen) atoms. The van der Waals surface area contributed by atoms with E-state index in [1.54, 1.807) is 0 Å². The van der Waals surface area contributed by atoms with E-state index in [4.69, 9.17) is 23.2 Å². The van der Waals surface area contributed by atoms with Gasteiger partial charge in [-0.3, -0.25) is 0 Å². The molecule has 0 aliphatic rings. The molecule has 1 nitrogen and oxygen atoms in total. The number of nitrogens with one attached hydrogen (secondary N) is 1. The van der Waals surface area contributed by atoms with E-state index in [0.717, 1.165) is 19.4 Å². The number of halogens is 2. The summed E-state index contributed by atoms with van der Waals surface area (Å²) in [4.78, 5) is 0. The highest BCUT2D eigenvalue weighted by Crippen LogP contribution is 2.23. The van der Waals surface area contributed by atoms with Crippen molar-refractivity contribution in [3.8, 4) is 0 Å². The summed E-state index contributed by atoms with van der Waals surface area (Å²) in [5, 5.41) is 4.79. The maximum absolute atomic E-state index is 6.10. The number of likely N-dealkylation sites (N-methyl/N-ethyl adjacent to an activating group) is 1. The maximum Gasteiger partial charge on any atom is 0.0595 e. The van der Waals surface area contributed by atoms with Crippen LogP contribution in [-0.2, 0) is 12.8 Å². The fraction of sp³-hybridized carbons (Fsp3) is 0.333. The van der Waals surface area contributed by atoms with Gasteiger partial charge >= 0.3 is 0 Å². The van der Waals surface area contributed by atoms with Gasteiger partial charge in [0.25, 0.3) is 0 Å². The molecule has 1 atom stereocenters. The summed E-state index contributed by atoms with van der Waals surface area (Å²) < 4.78 is 0. The summed E-state index contributed by atoms with van der Waals surface area (Å²) in [7, 11) is 0. The van der Waals surface area contributed by atoms with Crippen LogP contribution in [-0.4, -0.2) is 12.6 Å². The molecule has 0 aromatic heterocycles. The quantitative estimate of drug-likeness (QED) is 0.783. The second-order valence-corrected chi connectivity index (χ2v) is 6.21. The molecule has 2 aromatic carbocycles. The van der Waals surface area contributed by atoms with Crippen LogP contribution >= 0.6 is 23.2 Å². The molecule has 0 aliphatic heterocycles. The van der Waals surface area contributed by atoms with Crippen molar-refractivity contribution in [3.05, 3.63) is 69.2 Å². The molecule has 0 spiro atoms. The van der Waals surface area contributed by atoms with Crippen LogP contribution in [0.5, 0.6) is 0 Å². The van der Waals surface area contributed by atoms with E-state index in [1.165, 1.54) is 16.7 Å². The van der Waals surface area contributed by atoms with Crippen LogP contribution in [0.3, 0.4) is 0 Å². The van der Waals surface area contributed by atoms with Crippen LogP contribution in [0.1, 0.15) is 23.6 Å². The number of hydrogen-bond donors (Lipinski definition) is 1. The zero-order valence-electron chi connectivity index (χ0n) is 12.5. The third-order valence-corrected chi connectivity index (χ3v) is 4.26. The van der Waals surface area contributed by atoms with Gasteiger partial charge in [0.15, 0.2) is 0 Å². The molecule has 0 saturated heterocycles. The molecule has 2 rings (SSSR count). The molecule has 0 radical (unpaired) electrons. The maximum atomic E-state index is 6.10. The molecular formula is C18H21Cl2N. The minimum atomic E-state index is 0.397. The smallest absolute Gasteiger partial charge is 0.0595 e. The van der Waals surface area contributed by atoms with Gasteiger partial charge in [-0.2, -0.15) is 0 Å². The Hall–Kier alpha value is -1.02. The monoisotopic (exact) mass is 321 g/mol. The van der Waals surface area contributed by atoms with Crippen LogP contribution in [0.2, 0.25) is 10.0 Å². The van der Waals surface area contributed by atoms with Crippen LogP contribution in [0.4, 0.5) is 0 Å². The van der Waals surface area contributed by atoms with Crippen LogP contribution in [0, 0.1) is 6.92 Å². The average molecular weight is 322 g/mol. The van der Waals surface area contributed by atoms with Crippen LogP contribution in [0.15, 0.2) is 42.5 Å². The zero-order chi connectivity index (χ0) is 15.2. The predicted octanol–water partition coefficient (Wildman–Crippen LogP) is 5.07. The van der Waals surface area contributed by atoms with Crippen molar-refractivity contribution in [2.45, 2.75) is 32.7 Å². The second-order valence-electron chi connectivity index (χ2n) is 5.40. The first-order valence-corrected chi connectivity index (χ1v) is 8.07. The Labute approximate surface area is 137 Å². The molecule has 2 aromatic rings. The van der Waals surface area contributed by atoms with Gasteiger partial charge in [-0.15, -0.1) is 0 Å². The van der Waals surface area contributed by atoms with Gasteiger partial charge in [0.2, 0.25) is 0 Å². The zero-order valence-corrected chi connectivity index (χ0v) is 14.0. The third-order valence-electron chi connectivity index (χ3n) is 3.52. The largest absolute Gasteiger partial charge is 0.314 e. The topological polar surface area (TPSA) is 12.0 Å². The Bertz CT molecular complexity index is 596. The summed E-state index contributed by atoms with van der Waals surface area (Å²) in [6, 6.07) is 15.0. The number of hydrogen-bond acceptors (Lipinski definition) is 1. The van der Waals surface area contributed by atoms with E-state index in [2.05, 4.69) is 49.5 Å². The molecule has 1 N–H and O–H groups in total. The number of rotatable bonds is 6. The molecule has 0 saturated carbocycles. The van der Waals surface area contributed by atoms with Crippen molar-refractivity contribution in [1.29, 1.82) is 0 Å². The number of aryl methyl sites for hydroxylation is 1. The molecule has 0 aliphatic carbocycles. The first-order valence-electron chi connectivity index (χ1n) is 7.31. The Morgan fingerprint density at radius 3 is 2.29 bits per heavy atom. The van der Waals surface area contributed by atoms with Crippen molar-refractivity contribution in [1.82, 2.24) is 5.32 Å². The van der Waals surface area contributed by atoms with E-state index in [-0.39, 0.29) is 0 Å². The second kappa shape index (κ2) is 7.84. The fourth-order valence-electron chi connectivity index (χ4n) is 2.58. The predicted molar refractivity (Wildman–Crippen MR) is 92.5 cm³/mol. The summed E-state index contributed by atoms with van der Waals surface area (Å²) in [5.74, 6) is 0. The Kier molecular flexibility index (Phi) is 6.10. The molecular weight excluding hydrogens is 301 g/mol. The van der Waals surface area contributed by atoms with E-state index in [9.17, 15) is 0 Å². The first kappa shape index (κ1) is 16.4. The average Bonchev–Trinajstić information content (AvgIpc) is 2.43. The highest BCUT2D eigenvalue weighted by Gasteiger charge is 2.11. The lowest BCUT2D eigenvalue weighted by molar-refractivity contribution is 0.521. The lowest BCUT2D eigenvalue weighted by Gasteiger charge is -2.18. The van der Waals surface area contributed by atoms with Gasteiger partial charge < -0.3 is 5.32 Å².